The maximum atomic E-state index is 12.2. The molecule has 4 rings (SSSR count). The predicted molar refractivity (Wildman–Crippen MR) is 121 cm³/mol. The molecule has 0 radical (unpaired) electrons. The number of hydrogen-bond donors (Lipinski definition) is 0. The van der Waals surface area contributed by atoms with Gasteiger partial charge in [-0.25, -0.2) is 9.78 Å². The van der Waals surface area contributed by atoms with Crippen molar-refractivity contribution in [3.8, 4) is 23.0 Å². The summed E-state index contributed by atoms with van der Waals surface area (Å²) in [6.07, 6.45) is 0. The van der Waals surface area contributed by atoms with E-state index in [4.69, 9.17) is 14.5 Å². The van der Waals surface area contributed by atoms with Crippen LogP contribution in [0.1, 0.15) is 15.9 Å². The number of ether oxygens (including phenoxy) is 2. The maximum absolute atomic E-state index is 12.2. The molecule has 0 fully saturated rings. The van der Waals surface area contributed by atoms with Crippen LogP contribution < -0.4 is 4.74 Å². The lowest BCUT2D eigenvalue weighted by atomic mass is 10.2. The molecule has 0 saturated heterocycles. The molecule has 0 aliphatic heterocycles. The molecule has 0 bridgehead atoms. The Labute approximate surface area is 185 Å². The lowest BCUT2D eigenvalue weighted by Gasteiger charge is -2.11. The Balaban J connectivity index is 1.73. The van der Waals surface area contributed by atoms with Crippen LogP contribution in [0.4, 0.5) is 0 Å². The predicted octanol–water partition coefficient (Wildman–Crippen LogP) is 6.18. The number of esters is 1. The largest absolute Gasteiger partial charge is 0.465 e. The Hall–Kier alpha value is -3.64. The van der Waals surface area contributed by atoms with Crippen LogP contribution >= 0.6 is 11.8 Å². The van der Waals surface area contributed by atoms with Crippen molar-refractivity contribution < 1.29 is 14.3 Å². The Morgan fingerprint density at radius 2 is 1.58 bits per heavy atom. The van der Waals surface area contributed by atoms with Crippen LogP contribution in [0.2, 0.25) is 0 Å². The first kappa shape index (κ1) is 20.6. The minimum Gasteiger partial charge on any atom is -0.465 e. The van der Waals surface area contributed by atoms with Crippen LogP contribution in [0.25, 0.3) is 11.4 Å². The van der Waals surface area contributed by atoms with Crippen LogP contribution in [-0.2, 0) is 4.74 Å². The number of aryl methyl sites for hydroxylation is 1. The summed E-state index contributed by atoms with van der Waals surface area (Å²) in [6, 6.07) is 26.5. The van der Waals surface area contributed by atoms with Gasteiger partial charge < -0.3 is 9.47 Å². The van der Waals surface area contributed by atoms with Gasteiger partial charge in [0, 0.05) is 16.5 Å². The van der Waals surface area contributed by atoms with E-state index in [0.717, 1.165) is 16.0 Å². The molecule has 1 heterocycles. The molecule has 0 aliphatic carbocycles. The van der Waals surface area contributed by atoms with Gasteiger partial charge in [-0.1, -0.05) is 71.9 Å². The van der Waals surface area contributed by atoms with Crippen molar-refractivity contribution in [2.75, 3.05) is 7.11 Å². The van der Waals surface area contributed by atoms with Gasteiger partial charge in [-0.15, -0.1) is 0 Å². The van der Waals surface area contributed by atoms with Crippen molar-refractivity contribution in [3.05, 3.63) is 96.1 Å². The summed E-state index contributed by atoms with van der Waals surface area (Å²) >= 11 is 1.36. The summed E-state index contributed by atoms with van der Waals surface area (Å²) in [4.78, 5) is 22.2. The molecule has 0 unspecified atom stereocenters. The first-order chi connectivity index (χ1) is 15.1. The van der Waals surface area contributed by atoms with Crippen molar-refractivity contribution in [1.29, 1.82) is 0 Å². The van der Waals surface area contributed by atoms with E-state index in [1.54, 1.807) is 18.2 Å². The SMILES string of the molecule is COC(=O)c1ccccc1Sc1cc(Oc2ccc(C)cc2)nc(-c2ccccc2)n1. The molecule has 1 aromatic heterocycles. The van der Waals surface area contributed by atoms with Gasteiger partial charge in [0.1, 0.15) is 10.8 Å². The van der Waals surface area contributed by atoms with E-state index < -0.39 is 5.97 Å². The first-order valence-electron chi connectivity index (χ1n) is 9.66. The molecule has 6 heteroatoms. The Morgan fingerprint density at radius 3 is 2.32 bits per heavy atom. The average molecular weight is 429 g/mol. The van der Waals surface area contributed by atoms with E-state index in [-0.39, 0.29) is 0 Å². The monoisotopic (exact) mass is 428 g/mol. The van der Waals surface area contributed by atoms with Crippen molar-refractivity contribution in [2.45, 2.75) is 16.8 Å². The van der Waals surface area contributed by atoms with Gasteiger partial charge in [-0.05, 0) is 31.2 Å². The molecule has 154 valence electrons. The highest BCUT2D eigenvalue weighted by molar-refractivity contribution is 7.99. The van der Waals surface area contributed by atoms with Crippen molar-refractivity contribution in [3.63, 3.8) is 0 Å². The normalized spacial score (nSPS) is 10.5. The summed E-state index contributed by atoms with van der Waals surface area (Å²) in [5.41, 5.74) is 2.51. The average Bonchev–Trinajstić information content (AvgIpc) is 2.81. The third kappa shape index (κ3) is 5.10. The number of hydrogen-bond acceptors (Lipinski definition) is 6. The number of aromatic nitrogens is 2. The topological polar surface area (TPSA) is 61.3 Å². The minimum absolute atomic E-state index is 0.392. The Kier molecular flexibility index (Phi) is 6.29. The molecule has 0 amide bonds. The van der Waals surface area contributed by atoms with Crippen LogP contribution in [-0.4, -0.2) is 23.0 Å². The third-order valence-corrected chi connectivity index (χ3v) is 5.46. The van der Waals surface area contributed by atoms with Gasteiger partial charge in [-0.2, -0.15) is 4.98 Å². The highest BCUT2D eigenvalue weighted by atomic mass is 32.2. The van der Waals surface area contributed by atoms with E-state index in [2.05, 4.69) is 4.98 Å². The molecule has 31 heavy (non-hydrogen) atoms. The van der Waals surface area contributed by atoms with E-state index in [9.17, 15) is 4.79 Å². The van der Waals surface area contributed by atoms with E-state index >= 15 is 0 Å². The van der Waals surface area contributed by atoms with Gasteiger partial charge in [0.05, 0.1) is 12.7 Å². The van der Waals surface area contributed by atoms with Crippen molar-refractivity contribution in [2.24, 2.45) is 0 Å². The molecule has 0 atom stereocenters. The maximum Gasteiger partial charge on any atom is 0.339 e. The standard InChI is InChI=1S/C25H20N2O3S/c1-17-12-14-19(15-13-17)30-22-16-23(27-24(26-22)18-8-4-3-5-9-18)31-21-11-7-6-10-20(21)25(28)29-2/h3-16H,1-2H3. The second-order valence-corrected chi connectivity index (χ2v) is 7.80. The van der Waals surface area contributed by atoms with E-state index in [1.807, 2.05) is 73.7 Å². The van der Waals surface area contributed by atoms with Crippen LogP contribution in [0, 0.1) is 6.92 Å². The molecular formula is C25H20N2O3S. The van der Waals surface area contributed by atoms with Crippen LogP contribution in [0.5, 0.6) is 11.6 Å². The number of rotatable bonds is 6. The highest BCUT2D eigenvalue weighted by Gasteiger charge is 2.15. The van der Waals surface area contributed by atoms with Gasteiger partial charge in [0.25, 0.3) is 0 Å². The smallest absolute Gasteiger partial charge is 0.339 e. The van der Waals surface area contributed by atoms with Crippen molar-refractivity contribution >= 4 is 17.7 Å². The number of methoxy groups -OCH3 is 1. The lowest BCUT2D eigenvalue weighted by Crippen LogP contribution is -2.03. The summed E-state index contributed by atoms with van der Waals surface area (Å²) < 4.78 is 10.9. The van der Waals surface area contributed by atoms with Crippen molar-refractivity contribution in [1.82, 2.24) is 9.97 Å². The third-order valence-electron chi connectivity index (χ3n) is 4.46. The highest BCUT2D eigenvalue weighted by Crippen LogP contribution is 2.33. The molecule has 4 aromatic rings. The summed E-state index contributed by atoms with van der Waals surface area (Å²) in [5.74, 6) is 1.27. The fraction of sp³-hybridized carbons (Fsp3) is 0.0800. The lowest BCUT2D eigenvalue weighted by molar-refractivity contribution is 0.0597. The Bertz CT molecular complexity index is 1200. The number of benzene rings is 3. The summed E-state index contributed by atoms with van der Waals surface area (Å²) in [6.45, 7) is 2.02. The summed E-state index contributed by atoms with van der Waals surface area (Å²) in [7, 11) is 1.37. The first-order valence-corrected chi connectivity index (χ1v) is 10.5. The number of nitrogens with zero attached hydrogens (tertiary/aromatic N) is 2. The van der Waals surface area contributed by atoms with Gasteiger partial charge in [0.2, 0.25) is 5.88 Å². The molecule has 5 nitrogen and oxygen atoms in total. The molecule has 0 spiro atoms. The van der Waals surface area contributed by atoms with Gasteiger partial charge in [0.15, 0.2) is 5.82 Å². The number of carbonyl (C=O) groups excluding carboxylic acids is 1. The minimum atomic E-state index is -0.392. The molecule has 0 saturated carbocycles. The van der Waals surface area contributed by atoms with E-state index in [0.29, 0.717) is 28.0 Å². The van der Waals surface area contributed by atoms with E-state index in [1.165, 1.54) is 18.9 Å². The van der Waals surface area contributed by atoms with Crippen LogP contribution in [0.15, 0.2) is 94.9 Å². The zero-order valence-corrected chi connectivity index (χ0v) is 17.9. The van der Waals surface area contributed by atoms with Crippen LogP contribution in [0.3, 0.4) is 0 Å². The zero-order valence-electron chi connectivity index (χ0n) is 17.1. The summed E-state index contributed by atoms with van der Waals surface area (Å²) in [5, 5.41) is 0.660. The molecular weight excluding hydrogens is 408 g/mol. The second-order valence-electron chi connectivity index (χ2n) is 6.74. The molecule has 0 aliphatic rings. The quantitative estimate of drug-likeness (QED) is 0.270. The fourth-order valence-corrected chi connectivity index (χ4v) is 3.82. The molecule has 3 aromatic carbocycles. The Morgan fingerprint density at radius 1 is 0.871 bits per heavy atom. The molecule has 0 N–H and O–H groups in total. The number of carbonyl (C=O) groups is 1. The zero-order chi connectivity index (χ0) is 21.6. The second kappa shape index (κ2) is 9.45. The fourth-order valence-electron chi connectivity index (χ4n) is 2.90. The van der Waals surface area contributed by atoms with Gasteiger partial charge in [-0.3, -0.25) is 0 Å². The van der Waals surface area contributed by atoms with Gasteiger partial charge >= 0.3 is 5.97 Å².